The fourth-order valence-corrected chi connectivity index (χ4v) is 2.09. The predicted octanol–water partition coefficient (Wildman–Crippen LogP) is 4.35. The molecule has 0 aliphatic carbocycles. The van der Waals surface area contributed by atoms with Crippen molar-refractivity contribution in [1.82, 2.24) is 0 Å². The number of carbonyl (C=O) groups excluding carboxylic acids is 1. The van der Waals surface area contributed by atoms with Crippen LogP contribution in [0.1, 0.15) is 11.1 Å². The van der Waals surface area contributed by atoms with E-state index in [1.165, 1.54) is 42.5 Å². The first kappa shape index (κ1) is 16.6. The molecule has 1 amide bonds. The van der Waals surface area contributed by atoms with E-state index < -0.39 is 16.6 Å². The first-order chi connectivity index (χ1) is 10.9. The van der Waals surface area contributed by atoms with Crippen molar-refractivity contribution in [2.24, 2.45) is 0 Å². The number of nitrogens with zero attached hydrogens (tertiary/aromatic N) is 1. The lowest BCUT2D eigenvalue weighted by atomic mass is 10.1. The van der Waals surface area contributed by atoms with E-state index in [0.29, 0.717) is 11.3 Å². The maximum Gasteiger partial charge on any atom is 0.271 e. The van der Waals surface area contributed by atoms with Crippen LogP contribution in [0.15, 0.2) is 42.5 Å². The van der Waals surface area contributed by atoms with Gasteiger partial charge in [0.1, 0.15) is 5.82 Å². The summed E-state index contributed by atoms with van der Waals surface area (Å²) in [5.74, 6) is -1.10. The van der Waals surface area contributed by atoms with Crippen molar-refractivity contribution in [2.45, 2.75) is 6.92 Å². The van der Waals surface area contributed by atoms with Gasteiger partial charge in [-0.3, -0.25) is 14.9 Å². The Hall–Kier alpha value is -2.73. The third kappa shape index (κ3) is 4.14. The Balaban J connectivity index is 2.18. The molecule has 0 saturated carbocycles. The van der Waals surface area contributed by atoms with Gasteiger partial charge in [-0.15, -0.1) is 0 Å². The molecule has 0 atom stereocenters. The zero-order chi connectivity index (χ0) is 17.0. The summed E-state index contributed by atoms with van der Waals surface area (Å²) in [7, 11) is 0. The SMILES string of the molecule is Cc1ccc([N+](=O)[O-])cc1NC(=O)C=Cc1c(F)cccc1Cl. The first-order valence-corrected chi connectivity index (χ1v) is 6.94. The molecule has 0 saturated heterocycles. The highest BCUT2D eigenvalue weighted by atomic mass is 35.5. The molecule has 2 aromatic carbocycles. The molecule has 0 spiro atoms. The van der Waals surface area contributed by atoms with Gasteiger partial charge < -0.3 is 5.32 Å². The molecule has 0 aliphatic rings. The molecular formula is C16H12ClFN2O3. The summed E-state index contributed by atoms with van der Waals surface area (Å²) in [6.45, 7) is 1.71. The third-order valence-electron chi connectivity index (χ3n) is 3.09. The highest BCUT2D eigenvalue weighted by Crippen LogP contribution is 2.23. The number of carbonyl (C=O) groups is 1. The standard InChI is InChI=1S/C16H12ClFN2O3/c1-10-5-6-11(20(22)23)9-15(10)19-16(21)8-7-12-13(17)3-2-4-14(12)18/h2-9H,1H3,(H,19,21). The van der Waals surface area contributed by atoms with Crippen LogP contribution < -0.4 is 5.32 Å². The summed E-state index contributed by atoms with van der Waals surface area (Å²) in [5, 5.41) is 13.5. The van der Waals surface area contributed by atoms with Gasteiger partial charge in [-0.1, -0.05) is 23.7 Å². The fraction of sp³-hybridized carbons (Fsp3) is 0.0625. The summed E-state index contributed by atoms with van der Waals surface area (Å²) in [6.07, 6.45) is 2.36. The van der Waals surface area contributed by atoms with Gasteiger partial charge >= 0.3 is 0 Å². The quantitative estimate of drug-likeness (QED) is 0.513. The van der Waals surface area contributed by atoms with Crippen molar-refractivity contribution in [2.75, 3.05) is 5.32 Å². The summed E-state index contributed by atoms with van der Waals surface area (Å²) < 4.78 is 13.6. The Kier molecular flexibility index (Phi) is 5.08. The summed E-state index contributed by atoms with van der Waals surface area (Å²) in [6, 6.07) is 8.34. The molecule has 7 heteroatoms. The maximum absolute atomic E-state index is 13.6. The Morgan fingerprint density at radius 3 is 2.74 bits per heavy atom. The summed E-state index contributed by atoms with van der Waals surface area (Å²) in [5.41, 5.74) is 0.946. The van der Waals surface area contributed by atoms with Gasteiger partial charge in [-0.2, -0.15) is 0 Å². The minimum atomic E-state index is -0.552. The molecule has 2 rings (SSSR count). The number of halogens is 2. The van der Waals surface area contributed by atoms with E-state index in [1.807, 2.05) is 0 Å². The number of non-ortho nitro benzene ring substituents is 1. The molecular weight excluding hydrogens is 323 g/mol. The first-order valence-electron chi connectivity index (χ1n) is 6.56. The normalized spacial score (nSPS) is 10.7. The Morgan fingerprint density at radius 2 is 2.09 bits per heavy atom. The predicted molar refractivity (Wildman–Crippen MR) is 86.9 cm³/mol. The van der Waals surface area contributed by atoms with E-state index >= 15 is 0 Å². The van der Waals surface area contributed by atoms with Crippen LogP contribution in [-0.2, 0) is 4.79 Å². The van der Waals surface area contributed by atoms with Gasteiger partial charge in [0.05, 0.1) is 15.6 Å². The molecule has 23 heavy (non-hydrogen) atoms. The third-order valence-corrected chi connectivity index (χ3v) is 3.42. The second-order valence-electron chi connectivity index (χ2n) is 4.71. The molecule has 0 radical (unpaired) electrons. The van der Waals surface area contributed by atoms with Crippen LogP contribution in [0.4, 0.5) is 15.8 Å². The maximum atomic E-state index is 13.6. The Morgan fingerprint density at radius 1 is 1.35 bits per heavy atom. The Bertz CT molecular complexity index is 786. The van der Waals surface area contributed by atoms with Crippen molar-refractivity contribution in [1.29, 1.82) is 0 Å². The second-order valence-corrected chi connectivity index (χ2v) is 5.12. The van der Waals surface area contributed by atoms with Crippen LogP contribution in [0, 0.1) is 22.9 Å². The zero-order valence-corrected chi connectivity index (χ0v) is 12.8. The van der Waals surface area contributed by atoms with Crippen LogP contribution in [0.3, 0.4) is 0 Å². The lowest BCUT2D eigenvalue weighted by Crippen LogP contribution is -2.09. The molecule has 0 bridgehead atoms. The van der Waals surface area contributed by atoms with E-state index in [1.54, 1.807) is 6.92 Å². The van der Waals surface area contributed by atoms with E-state index in [0.717, 1.165) is 6.08 Å². The summed E-state index contributed by atoms with van der Waals surface area (Å²) in [4.78, 5) is 22.1. The van der Waals surface area contributed by atoms with Gasteiger partial charge in [0.25, 0.3) is 5.69 Å². The van der Waals surface area contributed by atoms with Crippen molar-refractivity contribution in [3.8, 4) is 0 Å². The lowest BCUT2D eigenvalue weighted by Gasteiger charge is -2.06. The average Bonchev–Trinajstić information content (AvgIpc) is 2.48. The average molecular weight is 335 g/mol. The number of hydrogen-bond donors (Lipinski definition) is 1. The second kappa shape index (κ2) is 7.02. The number of anilines is 1. The lowest BCUT2D eigenvalue weighted by molar-refractivity contribution is -0.384. The van der Waals surface area contributed by atoms with Gasteiger partial charge in [-0.05, 0) is 30.7 Å². The number of hydrogen-bond acceptors (Lipinski definition) is 3. The number of nitro benzene ring substituents is 1. The van der Waals surface area contributed by atoms with Crippen molar-refractivity contribution in [3.63, 3.8) is 0 Å². The molecule has 0 aliphatic heterocycles. The Labute approximate surface area is 136 Å². The summed E-state index contributed by atoms with van der Waals surface area (Å²) >= 11 is 5.86. The molecule has 0 unspecified atom stereocenters. The van der Waals surface area contributed by atoms with Crippen LogP contribution in [0.5, 0.6) is 0 Å². The number of rotatable bonds is 4. The highest BCUT2D eigenvalue weighted by molar-refractivity contribution is 6.32. The number of nitro groups is 1. The van der Waals surface area contributed by atoms with Crippen molar-refractivity contribution in [3.05, 3.63) is 74.6 Å². The largest absolute Gasteiger partial charge is 0.322 e. The van der Waals surface area contributed by atoms with Gasteiger partial charge in [0.15, 0.2) is 0 Å². The zero-order valence-electron chi connectivity index (χ0n) is 12.0. The molecule has 0 heterocycles. The number of benzene rings is 2. The van der Waals surface area contributed by atoms with Crippen molar-refractivity contribution >= 4 is 35.0 Å². The monoisotopic (exact) mass is 334 g/mol. The molecule has 118 valence electrons. The number of nitrogens with one attached hydrogen (secondary N) is 1. The molecule has 0 aromatic heterocycles. The molecule has 1 N–H and O–H groups in total. The molecule has 0 fully saturated rings. The molecule has 5 nitrogen and oxygen atoms in total. The van der Waals surface area contributed by atoms with E-state index in [2.05, 4.69) is 5.32 Å². The molecule has 2 aromatic rings. The smallest absolute Gasteiger partial charge is 0.271 e. The van der Waals surface area contributed by atoms with Crippen LogP contribution in [0.2, 0.25) is 5.02 Å². The van der Waals surface area contributed by atoms with E-state index in [-0.39, 0.29) is 16.3 Å². The van der Waals surface area contributed by atoms with Gasteiger partial charge in [0.2, 0.25) is 5.91 Å². The van der Waals surface area contributed by atoms with Crippen molar-refractivity contribution < 1.29 is 14.1 Å². The minimum Gasteiger partial charge on any atom is -0.322 e. The van der Waals surface area contributed by atoms with E-state index in [9.17, 15) is 19.3 Å². The fourth-order valence-electron chi connectivity index (χ4n) is 1.86. The van der Waals surface area contributed by atoms with Crippen LogP contribution in [-0.4, -0.2) is 10.8 Å². The van der Waals surface area contributed by atoms with Crippen LogP contribution in [0.25, 0.3) is 6.08 Å². The number of aryl methyl sites for hydroxylation is 1. The number of amides is 1. The minimum absolute atomic E-state index is 0.0973. The van der Waals surface area contributed by atoms with Gasteiger partial charge in [-0.25, -0.2) is 4.39 Å². The van der Waals surface area contributed by atoms with E-state index in [4.69, 9.17) is 11.6 Å². The van der Waals surface area contributed by atoms with Crippen LogP contribution >= 0.6 is 11.6 Å². The van der Waals surface area contributed by atoms with Gasteiger partial charge in [0, 0.05) is 23.8 Å². The highest BCUT2D eigenvalue weighted by Gasteiger charge is 2.10. The topological polar surface area (TPSA) is 72.2 Å².